The molecular weight excluding hydrogens is 165 g/mol. The second-order valence-electron chi connectivity index (χ2n) is 1.64. The zero-order valence-corrected chi connectivity index (χ0v) is 5.00. The van der Waals surface area contributed by atoms with Crippen LogP contribution in [0.5, 0.6) is 0 Å². The molecule has 0 saturated carbocycles. The average molecular weight is 167 g/mol. The number of hydrogen-bond acceptors (Lipinski definition) is 2. The highest BCUT2D eigenvalue weighted by atomic mass is 19.4. The summed E-state index contributed by atoms with van der Waals surface area (Å²) in [4.78, 5) is 13.1. The second kappa shape index (κ2) is 2.50. The van der Waals surface area contributed by atoms with Crippen molar-refractivity contribution in [3.8, 4) is 0 Å². The Kier molecular flexibility index (Phi) is 1.81. The van der Waals surface area contributed by atoms with Gasteiger partial charge in [0, 0.05) is 0 Å². The van der Waals surface area contributed by atoms with Gasteiger partial charge in [-0.3, -0.25) is 4.74 Å². The van der Waals surface area contributed by atoms with E-state index in [4.69, 9.17) is 0 Å². The van der Waals surface area contributed by atoms with Crippen molar-refractivity contribution in [3.05, 3.63) is 0 Å². The Hall–Kier alpha value is -1.11. The predicted molar refractivity (Wildman–Crippen MR) is 26.9 cm³/mol. The minimum absolute atomic E-state index is 0.690. The molecule has 1 heterocycles. The van der Waals surface area contributed by atoms with Crippen molar-refractivity contribution >= 4 is 12.2 Å². The largest absolute Gasteiger partial charge is 0.524 e. The fourth-order valence-electron chi connectivity index (χ4n) is 0.497. The zero-order valence-electron chi connectivity index (χ0n) is 5.00. The van der Waals surface area contributed by atoms with Gasteiger partial charge in [0.2, 0.25) is 0 Å². The number of hydrogen-bond donors (Lipinski definition) is 0. The van der Waals surface area contributed by atoms with Crippen LogP contribution in [0.4, 0.5) is 18.0 Å². The van der Waals surface area contributed by atoms with Crippen LogP contribution in [0.1, 0.15) is 0 Å². The molecule has 0 aromatic heterocycles. The van der Waals surface area contributed by atoms with Crippen LogP contribution < -0.4 is 5.32 Å². The van der Waals surface area contributed by atoms with E-state index in [9.17, 15) is 18.0 Å². The summed E-state index contributed by atoms with van der Waals surface area (Å²) >= 11 is 0. The third-order valence-corrected chi connectivity index (χ3v) is 0.805. The second-order valence-corrected chi connectivity index (χ2v) is 1.64. The molecule has 11 heavy (non-hydrogen) atoms. The van der Waals surface area contributed by atoms with Crippen LogP contribution in [0.15, 0.2) is 4.99 Å². The van der Waals surface area contributed by atoms with Gasteiger partial charge in [0.05, 0.1) is 6.21 Å². The molecular formula is C4H2F3N2O2. The molecule has 0 N–H and O–H groups in total. The number of amides is 2. The van der Waals surface area contributed by atoms with E-state index in [0.717, 1.165) is 0 Å². The molecule has 1 aliphatic heterocycles. The van der Waals surface area contributed by atoms with Gasteiger partial charge in [-0.2, -0.15) is 10.3 Å². The lowest BCUT2D eigenvalue weighted by Gasteiger charge is -2.09. The number of urea groups is 1. The molecule has 0 aromatic carbocycles. The number of carbonyl (C=O) groups excluding carboxylic acids is 1. The van der Waals surface area contributed by atoms with Crippen molar-refractivity contribution in [1.29, 1.82) is 0 Å². The Morgan fingerprint density at radius 1 is 1.55 bits per heavy atom. The molecule has 7 heteroatoms. The Labute approximate surface area is 59.0 Å². The van der Waals surface area contributed by atoms with E-state index >= 15 is 0 Å². The highest BCUT2D eigenvalue weighted by molar-refractivity contribution is 5.91. The number of aliphatic imine (C=N–C) groups is 1. The molecule has 1 aliphatic rings. The number of nitrogens with zero attached hydrogens (tertiary/aromatic N) is 2. The molecule has 0 aromatic rings. The molecule has 0 saturated heterocycles. The molecule has 61 valence electrons. The van der Waals surface area contributed by atoms with Crippen LogP contribution in [0.2, 0.25) is 0 Å². The Morgan fingerprint density at radius 3 is 2.55 bits per heavy atom. The molecule has 0 fully saturated rings. The lowest BCUT2D eigenvalue weighted by Crippen LogP contribution is -2.30. The lowest BCUT2D eigenvalue weighted by molar-refractivity contribution is -0.334. The van der Waals surface area contributed by atoms with Gasteiger partial charge < -0.3 is 0 Å². The fourth-order valence-corrected chi connectivity index (χ4v) is 0.497. The molecule has 4 nitrogen and oxygen atoms in total. The summed E-state index contributed by atoms with van der Waals surface area (Å²) in [7, 11) is 0. The number of ether oxygens (including phenoxy) is 1. The van der Waals surface area contributed by atoms with Crippen LogP contribution in [0.3, 0.4) is 0 Å². The molecule has 1 radical (unpaired) electrons. The molecule has 0 spiro atoms. The summed E-state index contributed by atoms with van der Waals surface area (Å²) in [5.41, 5.74) is 0. The fraction of sp³-hybridized carbons (Fsp3) is 0.500. The van der Waals surface area contributed by atoms with Crippen LogP contribution >= 0.6 is 0 Å². The smallest absolute Gasteiger partial charge is 0.261 e. The molecule has 1 rings (SSSR count). The monoisotopic (exact) mass is 167 g/mol. The van der Waals surface area contributed by atoms with Crippen LogP contribution in [-0.2, 0) is 4.74 Å². The Balaban J connectivity index is 2.42. The standard InChI is InChI=1S/C4H2F3N2O2/c5-4(6,7)11-2-1-8-3(10)9-2/h1-2H. The van der Waals surface area contributed by atoms with E-state index < -0.39 is 18.6 Å². The van der Waals surface area contributed by atoms with Gasteiger partial charge in [0.15, 0.2) is 6.23 Å². The molecule has 1 unspecified atom stereocenters. The van der Waals surface area contributed by atoms with Gasteiger partial charge in [0.25, 0.3) is 0 Å². The summed E-state index contributed by atoms with van der Waals surface area (Å²) in [6.07, 6.45) is -5.71. The quantitative estimate of drug-likeness (QED) is 0.575. The first-order chi connectivity index (χ1) is 4.97. The van der Waals surface area contributed by atoms with E-state index in [1.54, 1.807) is 0 Å². The maximum absolute atomic E-state index is 11.4. The van der Waals surface area contributed by atoms with Crippen molar-refractivity contribution < 1.29 is 22.7 Å². The van der Waals surface area contributed by atoms with Crippen molar-refractivity contribution in [2.75, 3.05) is 0 Å². The summed E-state index contributed by atoms with van der Waals surface area (Å²) in [5.74, 6) is 0. The van der Waals surface area contributed by atoms with Crippen molar-refractivity contribution in [2.24, 2.45) is 4.99 Å². The van der Waals surface area contributed by atoms with Gasteiger partial charge in [-0.05, 0) is 0 Å². The van der Waals surface area contributed by atoms with Crippen molar-refractivity contribution in [2.45, 2.75) is 12.6 Å². The van der Waals surface area contributed by atoms with E-state index in [2.05, 4.69) is 15.0 Å². The van der Waals surface area contributed by atoms with Crippen molar-refractivity contribution in [1.82, 2.24) is 5.32 Å². The molecule has 0 bridgehead atoms. The average Bonchev–Trinajstić information content (AvgIpc) is 2.10. The SMILES string of the molecule is O=C1[N]C(OC(F)(F)F)C=N1. The zero-order chi connectivity index (χ0) is 8.48. The van der Waals surface area contributed by atoms with Gasteiger partial charge in [-0.25, -0.2) is 4.79 Å². The number of halogens is 3. The summed E-state index contributed by atoms with van der Waals surface area (Å²) in [6, 6.07) is -0.959. The minimum atomic E-state index is -4.79. The van der Waals surface area contributed by atoms with Gasteiger partial charge in [-0.1, -0.05) is 0 Å². The van der Waals surface area contributed by atoms with E-state index in [-0.39, 0.29) is 0 Å². The van der Waals surface area contributed by atoms with Gasteiger partial charge >= 0.3 is 12.4 Å². The van der Waals surface area contributed by atoms with E-state index in [0.29, 0.717) is 6.21 Å². The third kappa shape index (κ3) is 2.54. The first kappa shape index (κ1) is 7.99. The number of alkyl halides is 3. The Morgan fingerprint density at radius 2 is 2.18 bits per heavy atom. The summed E-state index contributed by atoms with van der Waals surface area (Å²) < 4.78 is 37.5. The Bertz CT molecular complexity index is 200. The van der Waals surface area contributed by atoms with E-state index in [1.165, 1.54) is 0 Å². The highest BCUT2D eigenvalue weighted by Gasteiger charge is 2.36. The summed E-state index contributed by atoms with van der Waals surface area (Å²) in [6.45, 7) is 0. The maximum Gasteiger partial charge on any atom is 0.524 e. The van der Waals surface area contributed by atoms with Crippen LogP contribution in [-0.4, -0.2) is 24.8 Å². The lowest BCUT2D eigenvalue weighted by atomic mass is 10.6. The van der Waals surface area contributed by atoms with Crippen LogP contribution in [0.25, 0.3) is 0 Å². The maximum atomic E-state index is 11.4. The topological polar surface area (TPSA) is 52.8 Å². The van der Waals surface area contributed by atoms with Gasteiger partial charge in [-0.15, -0.1) is 13.2 Å². The molecule has 0 aliphatic carbocycles. The van der Waals surface area contributed by atoms with E-state index in [1.807, 2.05) is 0 Å². The van der Waals surface area contributed by atoms with Gasteiger partial charge in [0.1, 0.15) is 0 Å². The van der Waals surface area contributed by atoms with Crippen LogP contribution in [0, 0.1) is 0 Å². The normalized spacial score (nSPS) is 23.9. The summed E-state index contributed by atoms with van der Waals surface area (Å²) in [5, 5.41) is 2.87. The first-order valence-corrected chi connectivity index (χ1v) is 2.51. The number of rotatable bonds is 1. The molecule has 2 amide bonds. The predicted octanol–water partition coefficient (Wildman–Crippen LogP) is 0.658. The third-order valence-electron chi connectivity index (χ3n) is 0.805. The minimum Gasteiger partial charge on any atom is -0.261 e. The molecule has 1 atom stereocenters. The highest BCUT2D eigenvalue weighted by Crippen LogP contribution is 2.18. The number of carbonyl (C=O) groups is 1. The first-order valence-electron chi connectivity index (χ1n) is 2.51. The van der Waals surface area contributed by atoms with Crippen molar-refractivity contribution in [3.63, 3.8) is 0 Å².